The highest BCUT2D eigenvalue weighted by Gasteiger charge is 2.51. The largest absolute Gasteiger partial charge is 0.480 e. The molecule has 0 bridgehead atoms. The number of hydrogen-bond acceptors (Lipinski definition) is 11. The maximum Gasteiger partial charge on any atom is 0.319 e. The number of nitrogens with one attached hydrogen (secondary N) is 1. The third-order valence-electron chi connectivity index (χ3n) is 10.6. The minimum atomic E-state index is -0.764. The number of rotatable bonds is 7. The van der Waals surface area contributed by atoms with Gasteiger partial charge in [-0.25, -0.2) is 9.37 Å². The highest BCUT2D eigenvalue weighted by Crippen LogP contribution is 2.49. The Morgan fingerprint density at radius 3 is 2.81 bits per heavy atom. The number of pyridine rings is 1. The first kappa shape index (κ1) is 30.9. The molecule has 4 fully saturated rings. The number of H-pyrrole nitrogens is 1. The molecule has 14 heteroatoms. The minimum Gasteiger partial charge on any atom is -0.480 e. The standard InChI is InChI=1S/C33H39ClFN7O5/c1-18-22(34)11-23-21(12-36-40-23)25(18)28-27(35)29-26(31(37-28)44-2)30(41-9-10-45-16-20(43)13-41)39-32(38-29)47-17-33-6-3-5-24(33)42(8-4-7-33)19-14-46-15-19/h11-12,19-20,24,43H,3-10,13-17H2,1-2H3,(H,36,40). The SMILES string of the molecule is COc1nc(-c2c(C)c(Cl)cc3[nH]ncc23)c(F)c2nc(OCC34CCCC3N(C3COC3)CCC4)nc(N3CCOCC(O)C3)c12. The number of benzene rings is 1. The lowest BCUT2D eigenvalue weighted by molar-refractivity contribution is -0.115. The van der Waals surface area contributed by atoms with Crippen LogP contribution in [0.3, 0.4) is 0 Å². The van der Waals surface area contributed by atoms with Crippen molar-refractivity contribution in [1.82, 2.24) is 30.0 Å². The maximum absolute atomic E-state index is 17.0. The lowest BCUT2D eigenvalue weighted by atomic mass is 9.75. The average molecular weight is 668 g/mol. The summed E-state index contributed by atoms with van der Waals surface area (Å²) >= 11 is 6.60. The Hall–Kier alpha value is -3.36. The van der Waals surface area contributed by atoms with Crippen LogP contribution >= 0.6 is 11.6 Å². The van der Waals surface area contributed by atoms with Crippen molar-refractivity contribution in [3.05, 3.63) is 28.7 Å². The van der Waals surface area contributed by atoms with E-state index in [4.69, 9.17) is 45.5 Å². The summed E-state index contributed by atoms with van der Waals surface area (Å²) in [5.41, 5.74) is 1.81. The summed E-state index contributed by atoms with van der Waals surface area (Å²) in [6.07, 6.45) is 6.33. The van der Waals surface area contributed by atoms with Crippen molar-refractivity contribution >= 4 is 39.2 Å². The molecule has 250 valence electrons. The molecule has 6 heterocycles. The van der Waals surface area contributed by atoms with Gasteiger partial charge in [-0.2, -0.15) is 15.1 Å². The predicted molar refractivity (Wildman–Crippen MR) is 174 cm³/mol. The summed E-state index contributed by atoms with van der Waals surface area (Å²) in [5, 5.41) is 19.1. The van der Waals surface area contributed by atoms with E-state index in [2.05, 4.69) is 15.1 Å². The second-order valence-corrected chi connectivity index (χ2v) is 13.7. The quantitative estimate of drug-likeness (QED) is 0.293. The van der Waals surface area contributed by atoms with Gasteiger partial charge in [-0.3, -0.25) is 10.00 Å². The zero-order chi connectivity index (χ0) is 32.3. The lowest BCUT2D eigenvalue weighted by Crippen LogP contribution is -2.60. The second-order valence-electron chi connectivity index (χ2n) is 13.3. The van der Waals surface area contributed by atoms with E-state index in [0.717, 1.165) is 51.9 Å². The third kappa shape index (κ3) is 5.27. The number of piperidine rings is 1. The van der Waals surface area contributed by atoms with Gasteiger partial charge in [0.25, 0.3) is 0 Å². The Morgan fingerprint density at radius 2 is 2.00 bits per heavy atom. The number of methoxy groups -OCH3 is 1. The topological polar surface area (TPSA) is 131 Å². The molecule has 0 amide bonds. The van der Waals surface area contributed by atoms with E-state index in [1.54, 1.807) is 12.3 Å². The Labute approximate surface area is 276 Å². The van der Waals surface area contributed by atoms with Gasteiger partial charge < -0.3 is 29.0 Å². The van der Waals surface area contributed by atoms with Gasteiger partial charge in [0.1, 0.15) is 22.4 Å². The summed E-state index contributed by atoms with van der Waals surface area (Å²) < 4.78 is 40.5. The lowest BCUT2D eigenvalue weighted by Gasteiger charge is -2.51. The number of anilines is 1. The molecule has 12 nitrogen and oxygen atoms in total. The number of halogens is 2. The fraction of sp³-hybridized carbons (Fsp3) is 0.576. The summed E-state index contributed by atoms with van der Waals surface area (Å²) in [6.45, 7) is 6.09. The van der Waals surface area contributed by atoms with Crippen LogP contribution in [0.4, 0.5) is 10.2 Å². The molecule has 3 saturated heterocycles. The summed E-state index contributed by atoms with van der Waals surface area (Å²) in [7, 11) is 1.48. The Balaban J connectivity index is 1.26. The van der Waals surface area contributed by atoms with Crippen LogP contribution in [0, 0.1) is 18.2 Å². The van der Waals surface area contributed by atoms with Crippen LogP contribution < -0.4 is 14.4 Å². The van der Waals surface area contributed by atoms with Crippen LogP contribution in [0.5, 0.6) is 11.9 Å². The molecule has 3 atom stereocenters. The molecule has 47 heavy (non-hydrogen) atoms. The van der Waals surface area contributed by atoms with Crippen molar-refractivity contribution in [3.63, 3.8) is 0 Å². The van der Waals surface area contributed by atoms with Crippen molar-refractivity contribution in [2.75, 3.05) is 64.7 Å². The highest BCUT2D eigenvalue weighted by molar-refractivity contribution is 6.33. The number of aromatic nitrogens is 5. The molecular formula is C33H39ClFN7O5. The third-order valence-corrected chi connectivity index (χ3v) is 11.0. The fourth-order valence-corrected chi connectivity index (χ4v) is 8.37. The van der Waals surface area contributed by atoms with E-state index in [0.29, 0.717) is 70.1 Å². The fourth-order valence-electron chi connectivity index (χ4n) is 8.16. The van der Waals surface area contributed by atoms with Crippen LogP contribution in [0.2, 0.25) is 5.02 Å². The normalized spacial score (nSPS) is 25.6. The van der Waals surface area contributed by atoms with Gasteiger partial charge in [0, 0.05) is 40.5 Å². The first-order valence-electron chi connectivity index (χ1n) is 16.4. The Bertz CT molecular complexity index is 1820. The van der Waals surface area contributed by atoms with E-state index in [9.17, 15) is 5.11 Å². The number of hydrogen-bond donors (Lipinski definition) is 2. The number of aliphatic hydroxyl groups excluding tert-OH is 1. The average Bonchev–Trinajstić information content (AvgIpc) is 3.63. The summed E-state index contributed by atoms with van der Waals surface area (Å²) in [6, 6.07) is 2.70. The zero-order valence-corrected chi connectivity index (χ0v) is 27.4. The first-order chi connectivity index (χ1) is 22.9. The highest BCUT2D eigenvalue weighted by atomic mass is 35.5. The first-order valence-corrected chi connectivity index (χ1v) is 16.8. The molecule has 8 rings (SSSR count). The molecule has 3 unspecified atom stereocenters. The Kier molecular flexibility index (Phi) is 8.07. The zero-order valence-electron chi connectivity index (χ0n) is 26.6. The van der Waals surface area contributed by atoms with Crippen LogP contribution in [0.25, 0.3) is 33.1 Å². The van der Waals surface area contributed by atoms with E-state index < -0.39 is 11.9 Å². The van der Waals surface area contributed by atoms with E-state index in [1.165, 1.54) is 7.11 Å². The number of aromatic amines is 1. The summed E-state index contributed by atoms with van der Waals surface area (Å²) in [5.74, 6) is -0.133. The van der Waals surface area contributed by atoms with Crippen LogP contribution in [0.15, 0.2) is 12.3 Å². The van der Waals surface area contributed by atoms with E-state index in [-0.39, 0.29) is 41.7 Å². The van der Waals surface area contributed by atoms with Crippen molar-refractivity contribution in [2.45, 2.75) is 57.2 Å². The number of nitrogens with zero attached hydrogens (tertiary/aromatic N) is 6. The van der Waals surface area contributed by atoms with Crippen molar-refractivity contribution in [3.8, 4) is 23.1 Å². The molecular weight excluding hydrogens is 629 g/mol. The smallest absolute Gasteiger partial charge is 0.319 e. The van der Waals surface area contributed by atoms with Gasteiger partial charge in [0.15, 0.2) is 5.82 Å². The van der Waals surface area contributed by atoms with Crippen molar-refractivity contribution in [1.29, 1.82) is 0 Å². The van der Waals surface area contributed by atoms with Gasteiger partial charge in [-0.05, 0) is 50.8 Å². The number of ether oxygens (including phenoxy) is 4. The van der Waals surface area contributed by atoms with Gasteiger partial charge in [-0.15, -0.1) is 0 Å². The van der Waals surface area contributed by atoms with Crippen molar-refractivity contribution < 1.29 is 28.4 Å². The number of aliphatic hydroxyl groups is 1. The molecule has 4 aliphatic rings. The van der Waals surface area contributed by atoms with Crippen LogP contribution in [0.1, 0.15) is 37.7 Å². The second kappa shape index (κ2) is 12.3. The van der Waals surface area contributed by atoms with Crippen molar-refractivity contribution in [2.24, 2.45) is 5.41 Å². The van der Waals surface area contributed by atoms with Crippen LogP contribution in [-0.4, -0.2) is 113 Å². The molecule has 1 aliphatic carbocycles. The molecule has 1 aromatic carbocycles. The van der Waals surface area contributed by atoms with Gasteiger partial charge in [0.05, 0.1) is 64.0 Å². The predicted octanol–water partition coefficient (Wildman–Crippen LogP) is 4.29. The van der Waals surface area contributed by atoms with E-state index >= 15 is 4.39 Å². The molecule has 4 aromatic rings. The monoisotopic (exact) mass is 667 g/mol. The van der Waals surface area contributed by atoms with Crippen LogP contribution in [-0.2, 0) is 9.47 Å². The molecule has 0 radical (unpaired) electrons. The molecule has 1 saturated carbocycles. The Morgan fingerprint density at radius 1 is 1.15 bits per heavy atom. The molecule has 2 N–H and O–H groups in total. The number of likely N-dealkylation sites (tertiary alicyclic amines) is 1. The van der Waals surface area contributed by atoms with Gasteiger partial charge >= 0.3 is 6.01 Å². The number of β-amino-alcohol motifs (C(OH)–C–C–N with tert-alkyl or cyclic N) is 1. The number of fused-ring (bicyclic) bond motifs is 3. The molecule has 3 aromatic heterocycles. The molecule has 0 spiro atoms. The minimum absolute atomic E-state index is 0.0138. The van der Waals surface area contributed by atoms with Gasteiger partial charge in [0.2, 0.25) is 5.88 Å². The van der Waals surface area contributed by atoms with E-state index in [1.807, 2.05) is 11.8 Å². The summed E-state index contributed by atoms with van der Waals surface area (Å²) in [4.78, 5) is 18.8. The molecule has 3 aliphatic heterocycles. The maximum atomic E-state index is 17.0. The van der Waals surface area contributed by atoms with Gasteiger partial charge in [-0.1, -0.05) is 18.0 Å².